The largest absolute Gasteiger partial charge is 0.490 e. The van der Waals surface area contributed by atoms with E-state index in [1.165, 1.54) is 30.5 Å². The Balaban J connectivity index is 1.56. The third-order valence-corrected chi connectivity index (χ3v) is 5.02. The maximum atomic E-state index is 14.1. The van der Waals surface area contributed by atoms with Crippen LogP contribution >= 0.6 is 0 Å². The Morgan fingerprint density at radius 3 is 2.77 bits per heavy atom. The zero-order valence-corrected chi connectivity index (χ0v) is 19.5. The van der Waals surface area contributed by atoms with Crippen molar-refractivity contribution in [1.82, 2.24) is 9.97 Å². The van der Waals surface area contributed by atoms with E-state index in [2.05, 4.69) is 25.9 Å². The summed E-state index contributed by atoms with van der Waals surface area (Å²) in [5.41, 5.74) is 6.77. The lowest BCUT2D eigenvalue weighted by molar-refractivity contribution is 0.0636. The van der Waals surface area contributed by atoms with E-state index in [9.17, 15) is 13.6 Å². The van der Waals surface area contributed by atoms with Gasteiger partial charge in [0.2, 0.25) is 5.95 Å². The number of halogens is 2. The molecule has 0 saturated heterocycles. The van der Waals surface area contributed by atoms with Crippen LogP contribution in [0.3, 0.4) is 0 Å². The summed E-state index contributed by atoms with van der Waals surface area (Å²) in [6.07, 6.45) is 1.26. The van der Waals surface area contributed by atoms with Crippen LogP contribution in [0.4, 0.5) is 42.4 Å². The average Bonchev–Trinajstić information content (AvgIpc) is 2.77. The monoisotopic (exact) mass is 484 g/mol. The molecule has 3 aromatic rings. The molecule has 5 N–H and O–H groups in total. The zero-order chi connectivity index (χ0) is 25.2. The first-order valence-corrected chi connectivity index (χ1v) is 11.0. The minimum absolute atomic E-state index is 0.103. The first kappa shape index (κ1) is 24.0. The molecule has 2 aromatic carbocycles. The summed E-state index contributed by atoms with van der Waals surface area (Å²) in [6.45, 7) is 5.53. The summed E-state index contributed by atoms with van der Waals surface area (Å²) in [5, 5.41) is 8.70. The third-order valence-electron chi connectivity index (χ3n) is 5.02. The molecule has 35 heavy (non-hydrogen) atoms. The van der Waals surface area contributed by atoms with Gasteiger partial charge in [-0.05, 0) is 45.0 Å². The van der Waals surface area contributed by atoms with Crippen LogP contribution in [0.5, 0.6) is 5.75 Å². The number of hydrogen-bond donors (Lipinski definition) is 4. The number of ether oxygens (including phenoxy) is 2. The molecule has 0 spiro atoms. The number of para-hydroxylation sites is 1. The summed E-state index contributed by atoms with van der Waals surface area (Å²) in [4.78, 5) is 20.8. The number of nitrogens with two attached hydrogens (primary N) is 1. The lowest BCUT2D eigenvalue weighted by Crippen LogP contribution is -2.27. The van der Waals surface area contributed by atoms with Gasteiger partial charge < -0.3 is 25.8 Å². The second-order valence-electron chi connectivity index (χ2n) is 8.93. The minimum atomic E-state index is -0.704. The fraction of sp³-hybridized carbons (Fsp3) is 0.292. The van der Waals surface area contributed by atoms with E-state index in [-0.39, 0.29) is 34.8 Å². The molecule has 9 nitrogen and oxygen atoms in total. The molecule has 0 aliphatic carbocycles. The van der Waals surface area contributed by atoms with Crippen LogP contribution < -0.4 is 26.4 Å². The third kappa shape index (κ3) is 5.86. The first-order chi connectivity index (χ1) is 16.6. The van der Waals surface area contributed by atoms with Crippen LogP contribution in [0.1, 0.15) is 38.8 Å². The van der Waals surface area contributed by atoms with Gasteiger partial charge in [0.25, 0.3) is 0 Å². The van der Waals surface area contributed by atoms with Crippen molar-refractivity contribution in [3.8, 4) is 5.75 Å². The number of nitrogens with zero attached hydrogens (tertiary/aromatic N) is 2. The van der Waals surface area contributed by atoms with E-state index >= 15 is 0 Å². The molecule has 11 heteroatoms. The quantitative estimate of drug-likeness (QED) is 0.381. The lowest BCUT2D eigenvalue weighted by atomic mass is 10.0. The summed E-state index contributed by atoms with van der Waals surface area (Å²) in [7, 11) is 0. The van der Waals surface area contributed by atoms with E-state index in [0.29, 0.717) is 24.4 Å². The molecule has 1 aliphatic heterocycles. The van der Waals surface area contributed by atoms with Crippen LogP contribution in [0.25, 0.3) is 0 Å². The van der Waals surface area contributed by atoms with Crippen LogP contribution in [0.2, 0.25) is 0 Å². The number of carbonyl (C=O) groups excluding carboxylic acids is 1. The highest BCUT2D eigenvalue weighted by atomic mass is 19.1. The Bertz CT molecular complexity index is 1250. The van der Waals surface area contributed by atoms with Crippen molar-refractivity contribution in [3.63, 3.8) is 0 Å². The lowest BCUT2D eigenvalue weighted by Gasteiger charge is -2.27. The highest BCUT2D eigenvalue weighted by Gasteiger charge is 2.25. The van der Waals surface area contributed by atoms with Crippen molar-refractivity contribution < 1.29 is 23.0 Å². The molecule has 184 valence electrons. The van der Waals surface area contributed by atoms with Crippen molar-refractivity contribution in [2.24, 2.45) is 0 Å². The smallest absolute Gasteiger partial charge is 0.412 e. The van der Waals surface area contributed by atoms with Gasteiger partial charge in [0.05, 0.1) is 35.9 Å². The molecule has 1 amide bonds. The van der Waals surface area contributed by atoms with Crippen molar-refractivity contribution >= 4 is 34.9 Å². The van der Waals surface area contributed by atoms with E-state index < -0.39 is 23.3 Å². The van der Waals surface area contributed by atoms with Crippen molar-refractivity contribution in [1.29, 1.82) is 0 Å². The highest BCUT2D eigenvalue weighted by Crippen LogP contribution is 2.37. The molecular formula is C24H26F2N6O3. The molecule has 1 unspecified atom stereocenters. The number of nitrogens with one attached hydrogen (secondary N) is 3. The molecule has 0 bridgehead atoms. The Hall–Kier alpha value is -4.15. The number of amides is 1. The number of nitrogen functional groups attached to an aromatic ring is 1. The van der Waals surface area contributed by atoms with Crippen LogP contribution in [-0.2, 0) is 4.74 Å². The molecule has 4 rings (SSSR count). The van der Waals surface area contributed by atoms with E-state index in [1.807, 2.05) is 0 Å². The van der Waals surface area contributed by atoms with Crippen molar-refractivity contribution in [2.45, 2.75) is 38.8 Å². The van der Waals surface area contributed by atoms with Crippen LogP contribution in [-0.4, -0.2) is 28.3 Å². The fourth-order valence-corrected chi connectivity index (χ4v) is 3.53. The maximum Gasteiger partial charge on any atom is 0.412 e. The number of benzene rings is 2. The Kier molecular flexibility index (Phi) is 6.59. The van der Waals surface area contributed by atoms with Gasteiger partial charge >= 0.3 is 6.09 Å². The number of rotatable bonds is 5. The molecule has 1 aliphatic rings. The summed E-state index contributed by atoms with van der Waals surface area (Å²) in [6, 6.07) is 8.21. The van der Waals surface area contributed by atoms with Gasteiger partial charge in [0.15, 0.2) is 17.4 Å². The van der Waals surface area contributed by atoms with Gasteiger partial charge in [-0.1, -0.05) is 12.1 Å². The van der Waals surface area contributed by atoms with Crippen molar-refractivity contribution in [2.75, 3.05) is 28.3 Å². The fourth-order valence-electron chi connectivity index (χ4n) is 3.53. The summed E-state index contributed by atoms with van der Waals surface area (Å²) in [5.74, 6) is -0.367. The standard InChI is InChI=1S/C24H26F2N6O3/c1-24(2,3)35-23(33)31-18-8-7-13(25)11-19(18)30-22-28-12-16(27)21(32-22)29-17-9-10-34-20-14(17)5-4-6-15(20)26/h4-8,11-12,17H,9-10,27H2,1-3H3,(H,31,33)(H2,28,29,30,32). The van der Waals surface area contributed by atoms with Gasteiger partial charge in [-0.15, -0.1) is 0 Å². The highest BCUT2D eigenvalue weighted by molar-refractivity contribution is 5.90. The first-order valence-electron chi connectivity index (χ1n) is 11.0. The zero-order valence-electron chi connectivity index (χ0n) is 19.5. The molecule has 1 aromatic heterocycles. The summed E-state index contributed by atoms with van der Waals surface area (Å²) >= 11 is 0. The number of anilines is 5. The van der Waals surface area contributed by atoms with Gasteiger partial charge in [0.1, 0.15) is 11.4 Å². The van der Waals surface area contributed by atoms with E-state index in [4.69, 9.17) is 15.2 Å². The number of fused-ring (bicyclic) bond motifs is 1. The SMILES string of the molecule is CC(C)(C)OC(=O)Nc1ccc(F)cc1Nc1ncc(N)c(NC2CCOc3c(F)cccc32)n1. The Morgan fingerprint density at radius 2 is 2.00 bits per heavy atom. The molecule has 1 atom stereocenters. The van der Waals surface area contributed by atoms with Crippen LogP contribution in [0, 0.1) is 11.6 Å². The van der Waals surface area contributed by atoms with Gasteiger partial charge in [-0.2, -0.15) is 4.98 Å². The van der Waals surface area contributed by atoms with Gasteiger partial charge in [-0.25, -0.2) is 18.6 Å². The van der Waals surface area contributed by atoms with E-state index in [1.54, 1.807) is 32.9 Å². The Morgan fingerprint density at radius 1 is 1.20 bits per heavy atom. The topological polar surface area (TPSA) is 123 Å². The molecular weight excluding hydrogens is 458 g/mol. The Labute approximate surface area is 201 Å². The average molecular weight is 485 g/mol. The van der Waals surface area contributed by atoms with E-state index in [0.717, 1.165) is 0 Å². The number of carbonyl (C=O) groups is 1. The second-order valence-corrected chi connectivity index (χ2v) is 8.93. The van der Waals surface area contributed by atoms with Crippen LogP contribution in [0.15, 0.2) is 42.6 Å². The van der Waals surface area contributed by atoms with Gasteiger partial charge in [0, 0.05) is 12.0 Å². The summed E-state index contributed by atoms with van der Waals surface area (Å²) < 4.78 is 38.9. The molecule has 2 heterocycles. The van der Waals surface area contributed by atoms with Gasteiger partial charge in [-0.3, -0.25) is 5.32 Å². The normalized spacial score (nSPS) is 14.9. The number of aromatic nitrogens is 2. The molecule has 0 radical (unpaired) electrons. The van der Waals surface area contributed by atoms with Crippen molar-refractivity contribution in [3.05, 3.63) is 59.8 Å². The predicted octanol–water partition coefficient (Wildman–Crippen LogP) is 5.36. The molecule has 0 fully saturated rings. The number of hydrogen-bond acceptors (Lipinski definition) is 8. The predicted molar refractivity (Wildman–Crippen MR) is 129 cm³/mol. The minimum Gasteiger partial charge on any atom is -0.490 e. The molecule has 0 saturated carbocycles. The maximum absolute atomic E-state index is 14.1. The second kappa shape index (κ2) is 9.61.